The lowest BCUT2D eigenvalue weighted by atomic mass is 9.99. The van der Waals surface area contributed by atoms with Gasteiger partial charge in [0.15, 0.2) is 5.78 Å². The van der Waals surface area contributed by atoms with Gasteiger partial charge in [-0.1, -0.05) is 12.1 Å². The van der Waals surface area contributed by atoms with Crippen molar-refractivity contribution in [2.24, 2.45) is 0 Å². The number of aliphatic hydroxyl groups excluding tert-OH is 1. The molecule has 2 atom stereocenters. The molecule has 16 heavy (non-hydrogen) atoms. The summed E-state index contributed by atoms with van der Waals surface area (Å²) in [4.78, 5) is 11.4. The number of phenols is 1. The van der Waals surface area contributed by atoms with Gasteiger partial charge in [-0.15, -0.1) is 0 Å². The molecule has 0 amide bonds. The van der Waals surface area contributed by atoms with Gasteiger partial charge in [0.25, 0.3) is 0 Å². The van der Waals surface area contributed by atoms with E-state index in [1.165, 1.54) is 6.92 Å². The average Bonchev–Trinajstić information content (AvgIpc) is 2.63. The van der Waals surface area contributed by atoms with Gasteiger partial charge < -0.3 is 14.9 Å². The van der Waals surface area contributed by atoms with Gasteiger partial charge in [0.05, 0.1) is 12.7 Å². The van der Waals surface area contributed by atoms with Crippen LogP contribution in [0.15, 0.2) is 18.2 Å². The summed E-state index contributed by atoms with van der Waals surface area (Å²) >= 11 is 0. The third-order valence-electron chi connectivity index (χ3n) is 2.82. The van der Waals surface area contributed by atoms with Crippen LogP contribution in [-0.2, 0) is 16.1 Å². The van der Waals surface area contributed by atoms with Crippen molar-refractivity contribution in [1.82, 2.24) is 0 Å². The van der Waals surface area contributed by atoms with Crippen LogP contribution >= 0.6 is 0 Å². The lowest BCUT2D eigenvalue weighted by molar-refractivity contribution is -0.129. The molecule has 0 saturated carbocycles. The highest BCUT2D eigenvalue weighted by molar-refractivity contribution is 5.83. The Balaban J connectivity index is 2.18. The minimum absolute atomic E-state index is 0.147. The van der Waals surface area contributed by atoms with Crippen LogP contribution in [0, 0.1) is 0 Å². The first kappa shape index (κ1) is 11.1. The Kier molecular flexibility index (Phi) is 2.94. The Morgan fingerprint density at radius 1 is 1.62 bits per heavy atom. The van der Waals surface area contributed by atoms with E-state index in [-0.39, 0.29) is 24.1 Å². The number of benzene rings is 1. The van der Waals surface area contributed by atoms with Crippen LogP contribution in [0.5, 0.6) is 5.75 Å². The highest BCUT2D eigenvalue weighted by Gasteiger charge is 2.28. The lowest BCUT2D eigenvalue weighted by Crippen LogP contribution is -2.18. The van der Waals surface area contributed by atoms with E-state index in [9.17, 15) is 9.90 Å². The third kappa shape index (κ3) is 1.94. The van der Waals surface area contributed by atoms with Gasteiger partial charge in [-0.25, -0.2) is 0 Å². The fourth-order valence-corrected chi connectivity index (χ4v) is 1.85. The second-order valence-electron chi connectivity index (χ2n) is 3.99. The second-order valence-corrected chi connectivity index (χ2v) is 3.99. The molecule has 0 radical (unpaired) electrons. The van der Waals surface area contributed by atoms with Crippen molar-refractivity contribution in [2.45, 2.75) is 32.2 Å². The molecule has 0 aromatic heterocycles. The largest absolute Gasteiger partial charge is 0.508 e. The molecule has 1 heterocycles. The monoisotopic (exact) mass is 222 g/mol. The number of ketones is 1. The number of carbonyl (C=O) groups excluding carboxylic acids is 1. The normalized spacial score (nSPS) is 20.5. The number of aromatic hydroxyl groups is 1. The number of ether oxygens (including phenoxy) is 1. The van der Waals surface area contributed by atoms with E-state index in [0.717, 1.165) is 11.1 Å². The molecule has 1 aliphatic heterocycles. The molecule has 4 heteroatoms. The first-order valence-corrected chi connectivity index (χ1v) is 5.22. The number of carbonyl (C=O) groups is 1. The van der Waals surface area contributed by atoms with Crippen LogP contribution in [-0.4, -0.2) is 22.1 Å². The summed E-state index contributed by atoms with van der Waals surface area (Å²) in [7, 11) is 0. The zero-order valence-corrected chi connectivity index (χ0v) is 9.01. The van der Waals surface area contributed by atoms with E-state index in [2.05, 4.69) is 0 Å². The Morgan fingerprint density at radius 3 is 3.06 bits per heavy atom. The van der Waals surface area contributed by atoms with E-state index in [1.807, 2.05) is 6.07 Å². The molecule has 86 valence electrons. The van der Waals surface area contributed by atoms with Gasteiger partial charge in [-0.2, -0.15) is 0 Å². The highest BCUT2D eigenvalue weighted by atomic mass is 16.5. The summed E-state index contributed by atoms with van der Waals surface area (Å²) in [5.74, 6) is -0.0503. The van der Waals surface area contributed by atoms with Crippen LogP contribution in [0.1, 0.15) is 30.6 Å². The molecule has 0 bridgehead atoms. The van der Waals surface area contributed by atoms with Gasteiger partial charge in [-0.3, -0.25) is 4.79 Å². The summed E-state index contributed by atoms with van der Waals surface area (Å²) in [6, 6.07) is 5.16. The molecular weight excluding hydrogens is 208 g/mol. The van der Waals surface area contributed by atoms with Crippen LogP contribution in [0.3, 0.4) is 0 Å². The van der Waals surface area contributed by atoms with Crippen molar-refractivity contribution in [3.05, 3.63) is 29.3 Å². The number of rotatable bonds is 3. The summed E-state index contributed by atoms with van der Waals surface area (Å²) in [5, 5.41) is 18.7. The standard InChI is InChI=1S/C12H14O4/c1-7(13)11(15)5-12-8-3-2-4-10(14)9(8)6-16-12/h2-4,7,12-14H,5-6H2,1H3. The first-order chi connectivity index (χ1) is 7.59. The highest BCUT2D eigenvalue weighted by Crippen LogP contribution is 2.37. The average molecular weight is 222 g/mol. The van der Waals surface area contributed by atoms with E-state index >= 15 is 0 Å². The zero-order valence-electron chi connectivity index (χ0n) is 9.01. The van der Waals surface area contributed by atoms with Crippen molar-refractivity contribution < 1.29 is 19.7 Å². The Labute approximate surface area is 93.5 Å². The minimum atomic E-state index is -0.968. The van der Waals surface area contributed by atoms with Crippen molar-refractivity contribution in [3.63, 3.8) is 0 Å². The number of hydrogen-bond acceptors (Lipinski definition) is 4. The Bertz CT molecular complexity index is 411. The molecule has 2 unspecified atom stereocenters. The number of Topliss-reactive ketones (excluding diaryl/α,β-unsaturated/α-hetero) is 1. The molecule has 4 nitrogen and oxygen atoms in total. The van der Waals surface area contributed by atoms with Crippen molar-refractivity contribution in [1.29, 1.82) is 0 Å². The maximum absolute atomic E-state index is 11.4. The molecule has 1 aromatic rings. The Hall–Kier alpha value is -1.39. The van der Waals surface area contributed by atoms with Gasteiger partial charge in [0, 0.05) is 12.0 Å². The maximum atomic E-state index is 11.4. The van der Waals surface area contributed by atoms with Crippen LogP contribution in [0.4, 0.5) is 0 Å². The summed E-state index contributed by atoms with van der Waals surface area (Å²) in [6.45, 7) is 1.76. The maximum Gasteiger partial charge on any atom is 0.163 e. The molecule has 1 aromatic carbocycles. The van der Waals surface area contributed by atoms with Crippen LogP contribution in [0.25, 0.3) is 0 Å². The Morgan fingerprint density at radius 2 is 2.38 bits per heavy atom. The van der Waals surface area contributed by atoms with Crippen molar-refractivity contribution >= 4 is 5.78 Å². The molecule has 0 saturated heterocycles. The first-order valence-electron chi connectivity index (χ1n) is 5.22. The number of fused-ring (bicyclic) bond motifs is 1. The van der Waals surface area contributed by atoms with E-state index in [4.69, 9.17) is 9.84 Å². The topological polar surface area (TPSA) is 66.8 Å². The molecule has 0 fully saturated rings. The summed E-state index contributed by atoms with van der Waals surface area (Å²) in [5.41, 5.74) is 1.58. The molecule has 2 rings (SSSR count). The molecule has 1 aliphatic rings. The van der Waals surface area contributed by atoms with E-state index in [1.54, 1.807) is 12.1 Å². The fourth-order valence-electron chi connectivity index (χ4n) is 1.85. The van der Waals surface area contributed by atoms with Crippen LogP contribution in [0.2, 0.25) is 0 Å². The number of hydrogen-bond donors (Lipinski definition) is 2. The molecular formula is C12H14O4. The quantitative estimate of drug-likeness (QED) is 0.809. The number of phenolic OH excluding ortho intramolecular Hbond substituents is 1. The predicted octanol–water partition coefficient (Wildman–Crippen LogP) is 1.30. The zero-order chi connectivity index (χ0) is 11.7. The lowest BCUT2D eigenvalue weighted by Gasteiger charge is -2.11. The third-order valence-corrected chi connectivity index (χ3v) is 2.82. The fraction of sp³-hybridized carbons (Fsp3) is 0.417. The SMILES string of the molecule is CC(O)C(=O)CC1OCc2c(O)cccc21. The van der Waals surface area contributed by atoms with Crippen LogP contribution < -0.4 is 0 Å². The van der Waals surface area contributed by atoms with Gasteiger partial charge in [0.2, 0.25) is 0 Å². The van der Waals surface area contributed by atoms with E-state index in [0.29, 0.717) is 6.61 Å². The summed E-state index contributed by atoms with van der Waals surface area (Å²) in [6.07, 6.45) is -1.16. The summed E-state index contributed by atoms with van der Waals surface area (Å²) < 4.78 is 5.43. The molecule has 0 aliphatic carbocycles. The minimum Gasteiger partial charge on any atom is -0.508 e. The second kappa shape index (κ2) is 4.23. The van der Waals surface area contributed by atoms with Crippen molar-refractivity contribution in [2.75, 3.05) is 0 Å². The van der Waals surface area contributed by atoms with Crippen molar-refractivity contribution in [3.8, 4) is 5.75 Å². The van der Waals surface area contributed by atoms with Gasteiger partial charge in [-0.05, 0) is 18.6 Å². The van der Waals surface area contributed by atoms with Gasteiger partial charge in [0.1, 0.15) is 11.9 Å². The molecule has 2 N–H and O–H groups in total. The van der Waals surface area contributed by atoms with E-state index < -0.39 is 6.10 Å². The molecule has 0 spiro atoms. The predicted molar refractivity (Wildman–Crippen MR) is 56.9 cm³/mol. The van der Waals surface area contributed by atoms with Gasteiger partial charge >= 0.3 is 0 Å². The smallest absolute Gasteiger partial charge is 0.163 e. The number of aliphatic hydroxyl groups is 1.